The number of rotatable bonds is 6. The SMILES string of the molecule is O=C(Cc1ccccc1)Nc1ccc(C(=O)NC[C@H]2COc3ccccc3O2)cc1. The second kappa shape index (κ2) is 9.13. The van der Waals surface area contributed by atoms with Crippen LogP contribution in [0, 0.1) is 0 Å². The van der Waals surface area contributed by atoms with E-state index in [0.717, 1.165) is 5.56 Å². The van der Waals surface area contributed by atoms with Gasteiger partial charge in [0.1, 0.15) is 12.7 Å². The maximum Gasteiger partial charge on any atom is 0.251 e. The Morgan fingerprint density at radius 1 is 0.867 bits per heavy atom. The van der Waals surface area contributed by atoms with E-state index in [1.165, 1.54) is 0 Å². The maximum atomic E-state index is 12.4. The Labute approximate surface area is 174 Å². The molecule has 0 fully saturated rings. The molecule has 3 aromatic rings. The molecule has 0 saturated carbocycles. The predicted octanol–water partition coefficient (Wildman–Crippen LogP) is 3.44. The van der Waals surface area contributed by atoms with Crippen LogP contribution in [0.4, 0.5) is 5.69 Å². The van der Waals surface area contributed by atoms with Gasteiger partial charge in [0.25, 0.3) is 5.91 Å². The number of carbonyl (C=O) groups is 2. The first-order valence-electron chi connectivity index (χ1n) is 9.78. The van der Waals surface area contributed by atoms with E-state index in [1.807, 2.05) is 54.6 Å². The van der Waals surface area contributed by atoms with Crippen LogP contribution in [0.3, 0.4) is 0 Å². The molecule has 0 spiro atoms. The normalized spacial score (nSPS) is 14.6. The second-order valence-electron chi connectivity index (χ2n) is 7.00. The van der Waals surface area contributed by atoms with Crippen molar-refractivity contribution >= 4 is 17.5 Å². The Kier molecular flexibility index (Phi) is 5.94. The molecule has 0 saturated heterocycles. The highest BCUT2D eigenvalue weighted by molar-refractivity contribution is 5.96. The fraction of sp³-hybridized carbons (Fsp3) is 0.167. The molecule has 0 aliphatic carbocycles. The van der Waals surface area contributed by atoms with E-state index in [1.54, 1.807) is 24.3 Å². The minimum Gasteiger partial charge on any atom is -0.486 e. The fourth-order valence-corrected chi connectivity index (χ4v) is 3.16. The number of amides is 2. The predicted molar refractivity (Wildman–Crippen MR) is 114 cm³/mol. The lowest BCUT2D eigenvalue weighted by molar-refractivity contribution is -0.115. The van der Waals surface area contributed by atoms with Crippen molar-refractivity contribution in [2.45, 2.75) is 12.5 Å². The van der Waals surface area contributed by atoms with Crippen LogP contribution in [-0.4, -0.2) is 31.1 Å². The highest BCUT2D eigenvalue weighted by Crippen LogP contribution is 2.30. The minimum atomic E-state index is -0.250. The molecule has 0 bridgehead atoms. The van der Waals surface area contributed by atoms with Gasteiger partial charge in [-0.1, -0.05) is 42.5 Å². The average Bonchev–Trinajstić information content (AvgIpc) is 2.78. The number of hydrogen-bond donors (Lipinski definition) is 2. The van der Waals surface area contributed by atoms with Gasteiger partial charge in [0.15, 0.2) is 11.5 Å². The number of anilines is 1. The Morgan fingerprint density at radius 2 is 1.57 bits per heavy atom. The first-order valence-corrected chi connectivity index (χ1v) is 9.78. The third-order valence-electron chi connectivity index (χ3n) is 4.70. The van der Waals surface area contributed by atoms with Crippen LogP contribution in [0.25, 0.3) is 0 Å². The summed E-state index contributed by atoms with van der Waals surface area (Å²) in [5.41, 5.74) is 2.10. The van der Waals surface area contributed by atoms with Crippen molar-refractivity contribution in [1.29, 1.82) is 0 Å². The van der Waals surface area contributed by atoms with Crippen LogP contribution in [0.2, 0.25) is 0 Å². The number of fused-ring (bicyclic) bond motifs is 1. The summed E-state index contributed by atoms with van der Waals surface area (Å²) >= 11 is 0. The van der Waals surface area contributed by atoms with Gasteiger partial charge in [-0.05, 0) is 42.0 Å². The summed E-state index contributed by atoms with van der Waals surface area (Å²) in [6.45, 7) is 0.715. The molecule has 3 aromatic carbocycles. The van der Waals surface area contributed by atoms with Crippen molar-refractivity contribution in [2.75, 3.05) is 18.5 Å². The maximum absolute atomic E-state index is 12.4. The van der Waals surface area contributed by atoms with Crippen molar-refractivity contribution in [3.05, 3.63) is 90.0 Å². The lowest BCUT2D eigenvalue weighted by Crippen LogP contribution is -2.40. The van der Waals surface area contributed by atoms with Gasteiger partial charge in [0.05, 0.1) is 13.0 Å². The lowest BCUT2D eigenvalue weighted by Gasteiger charge is -2.26. The van der Waals surface area contributed by atoms with Crippen LogP contribution >= 0.6 is 0 Å². The third-order valence-corrected chi connectivity index (χ3v) is 4.70. The number of nitrogens with one attached hydrogen (secondary N) is 2. The molecule has 6 heteroatoms. The molecule has 0 radical (unpaired) electrons. The number of hydrogen-bond acceptors (Lipinski definition) is 4. The zero-order valence-electron chi connectivity index (χ0n) is 16.3. The molecule has 0 unspecified atom stereocenters. The van der Waals surface area contributed by atoms with Crippen molar-refractivity contribution in [3.63, 3.8) is 0 Å². The number of ether oxygens (including phenoxy) is 2. The monoisotopic (exact) mass is 402 g/mol. The topological polar surface area (TPSA) is 76.7 Å². The summed E-state index contributed by atoms with van der Waals surface area (Å²) in [5.74, 6) is 1.08. The quantitative estimate of drug-likeness (QED) is 0.662. The summed E-state index contributed by atoms with van der Waals surface area (Å²) in [4.78, 5) is 24.6. The summed E-state index contributed by atoms with van der Waals surface area (Å²) < 4.78 is 11.5. The molecule has 1 aliphatic rings. The zero-order chi connectivity index (χ0) is 20.8. The van der Waals surface area contributed by atoms with E-state index in [4.69, 9.17) is 9.47 Å². The average molecular weight is 402 g/mol. The van der Waals surface area contributed by atoms with Crippen molar-refractivity contribution in [2.24, 2.45) is 0 Å². The summed E-state index contributed by atoms with van der Waals surface area (Å²) in [6, 6.07) is 23.8. The summed E-state index contributed by atoms with van der Waals surface area (Å²) in [6.07, 6.45) is 0.0516. The molecule has 1 atom stereocenters. The molecule has 4 rings (SSSR count). The van der Waals surface area contributed by atoms with Crippen LogP contribution < -0.4 is 20.1 Å². The molecule has 30 heavy (non-hydrogen) atoms. The van der Waals surface area contributed by atoms with E-state index in [-0.39, 0.29) is 17.9 Å². The molecule has 1 aliphatic heterocycles. The third kappa shape index (κ3) is 4.97. The van der Waals surface area contributed by atoms with Gasteiger partial charge >= 0.3 is 0 Å². The van der Waals surface area contributed by atoms with Gasteiger partial charge in [0, 0.05) is 11.3 Å². The van der Waals surface area contributed by atoms with Gasteiger partial charge in [-0.15, -0.1) is 0 Å². The van der Waals surface area contributed by atoms with E-state index < -0.39 is 0 Å². The zero-order valence-corrected chi connectivity index (χ0v) is 16.3. The molecule has 0 aromatic heterocycles. The van der Waals surface area contributed by atoms with Gasteiger partial charge in [-0.2, -0.15) is 0 Å². The second-order valence-corrected chi connectivity index (χ2v) is 7.00. The smallest absolute Gasteiger partial charge is 0.251 e. The first-order chi connectivity index (χ1) is 14.7. The summed E-state index contributed by atoms with van der Waals surface area (Å²) in [7, 11) is 0. The summed E-state index contributed by atoms with van der Waals surface area (Å²) in [5, 5.41) is 5.70. The van der Waals surface area contributed by atoms with Crippen molar-refractivity contribution in [3.8, 4) is 11.5 Å². The molecule has 2 amide bonds. The number of carbonyl (C=O) groups excluding carboxylic acids is 2. The van der Waals surface area contributed by atoms with E-state index in [9.17, 15) is 9.59 Å². The Morgan fingerprint density at radius 3 is 2.33 bits per heavy atom. The Balaban J connectivity index is 1.26. The Hall–Kier alpha value is -3.80. The molecular weight excluding hydrogens is 380 g/mol. The lowest BCUT2D eigenvalue weighted by atomic mass is 10.1. The van der Waals surface area contributed by atoms with Gasteiger partial charge < -0.3 is 20.1 Å². The highest BCUT2D eigenvalue weighted by Gasteiger charge is 2.21. The van der Waals surface area contributed by atoms with E-state index in [2.05, 4.69) is 10.6 Å². The minimum absolute atomic E-state index is 0.104. The molecule has 152 valence electrons. The standard InChI is InChI=1S/C24H22N2O4/c27-23(14-17-6-2-1-3-7-17)26-19-12-10-18(11-13-19)24(28)25-15-20-16-29-21-8-4-5-9-22(21)30-20/h1-13,20H,14-16H2,(H,25,28)(H,26,27)/t20-/m0/s1. The van der Waals surface area contributed by atoms with Crippen LogP contribution in [0.15, 0.2) is 78.9 Å². The number of para-hydroxylation sites is 2. The highest BCUT2D eigenvalue weighted by atomic mass is 16.6. The fourth-order valence-electron chi connectivity index (χ4n) is 3.16. The molecule has 2 N–H and O–H groups in total. The van der Waals surface area contributed by atoms with Crippen LogP contribution in [0.5, 0.6) is 11.5 Å². The van der Waals surface area contributed by atoms with Gasteiger partial charge in [0.2, 0.25) is 5.91 Å². The Bertz CT molecular complexity index is 1020. The molecule has 1 heterocycles. The van der Waals surface area contributed by atoms with Crippen molar-refractivity contribution in [1.82, 2.24) is 5.32 Å². The van der Waals surface area contributed by atoms with E-state index in [0.29, 0.717) is 42.3 Å². The van der Waals surface area contributed by atoms with Gasteiger partial charge in [-0.3, -0.25) is 9.59 Å². The first kappa shape index (κ1) is 19.5. The van der Waals surface area contributed by atoms with Crippen LogP contribution in [-0.2, 0) is 11.2 Å². The number of benzene rings is 3. The molecular formula is C24H22N2O4. The van der Waals surface area contributed by atoms with E-state index >= 15 is 0 Å². The van der Waals surface area contributed by atoms with Gasteiger partial charge in [-0.25, -0.2) is 0 Å². The van der Waals surface area contributed by atoms with Crippen molar-refractivity contribution < 1.29 is 19.1 Å². The largest absolute Gasteiger partial charge is 0.486 e. The van der Waals surface area contributed by atoms with Crippen LogP contribution in [0.1, 0.15) is 15.9 Å². The molecule has 6 nitrogen and oxygen atoms in total.